The van der Waals surface area contributed by atoms with Crippen molar-refractivity contribution in [3.05, 3.63) is 0 Å². The average molecular weight is 203 g/mol. The molecule has 0 rings (SSSR count). The van der Waals surface area contributed by atoms with Gasteiger partial charge in [0.25, 0.3) is 0 Å². The van der Waals surface area contributed by atoms with Crippen molar-refractivity contribution < 1.29 is 24.2 Å². The zero-order valence-corrected chi connectivity index (χ0v) is 8.07. The van der Waals surface area contributed by atoms with E-state index in [0.29, 0.717) is 0 Å². The van der Waals surface area contributed by atoms with E-state index in [2.05, 4.69) is 10.1 Å². The SMILES string of the molecule is CC(=O)NC(CCOC(C)=O)C(=O)O. The Balaban J connectivity index is 3.91. The zero-order chi connectivity index (χ0) is 11.1. The second kappa shape index (κ2) is 5.95. The van der Waals surface area contributed by atoms with Gasteiger partial charge in [-0.2, -0.15) is 0 Å². The number of rotatable bonds is 5. The molecule has 0 spiro atoms. The summed E-state index contributed by atoms with van der Waals surface area (Å²) in [6, 6.07) is -1.01. The van der Waals surface area contributed by atoms with Crippen LogP contribution in [0.3, 0.4) is 0 Å². The number of amides is 1. The molecule has 0 aromatic carbocycles. The van der Waals surface area contributed by atoms with Crippen LogP contribution in [0.5, 0.6) is 0 Å². The Bertz CT molecular complexity index is 238. The van der Waals surface area contributed by atoms with Crippen LogP contribution in [0.15, 0.2) is 0 Å². The summed E-state index contributed by atoms with van der Waals surface area (Å²) in [6.07, 6.45) is 0.0640. The summed E-state index contributed by atoms with van der Waals surface area (Å²) >= 11 is 0. The largest absolute Gasteiger partial charge is 0.480 e. The monoisotopic (exact) mass is 203 g/mol. The van der Waals surface area contributed by atoms with Crippen molar-refractivity contribution in [1.82, 2.24) is 5.32 Å². The van der Waals surface area contributed by atoms with E-state index in [0.717, 1.165) is 0 Å². The molecule has 0 saturated carbocycles. The first-order chi connectivity index (χ1) is 6.43. The Morgan fingerprint density at radius 3 is 2.29 bits per heavy atom. The standard InChI is InChI=1S/C8H13NO5/c1-5(10)9-7(8(12)13)3-4-14-6(2)11/h7H,3-4H2,1-2H3,(H,9,10)(H,12,13). The van der Waals surface area contributed by atoms with Gasteiger partial charge in [0, 0.05) is 20.3 Å². The molecule has 0 aliphatic rings. The number of ether oxygens (including phenoxy) is 1. The molecule has 0 saturated heterocycles. The van der Waals surface area contributed by atoms with Gasteiger partial charge in [-0.1, -0.05) is 0 Å². The number of carbonyl (C=O) groups is 3. The van der Waals surface area contributed by atoms with Gasteiger partial charge in [0.15, 0.2) is 0 Å². The maximum atomic E-state index is 10.6. The Hall–Kier alpha value is -1.59. The minimum Gasteiger partial charge on any atom is -0.480 e. The summed E-state index contributed by atoms with van der Waals surface area (Å²) in [5.41, 5.74) is 0. The van der Waals surface area contributed by atoms with Crippen LogP contribution < -0.4 is 5.32 Å². The summed E-state index contributed by atoms with van der Waals surface area (Å²) in [7, 11) is 0. The molecule has 0 radical (unpaired) electrons. The predicted molar refractivity (Wildman–Crippen MR) is 46.5 cm³/mol. The number of carboxylic acids is 1. The quantitative estimate of drug-likeness (QED) is 0.589. The third-order valence-corrected chi connectivity index (χ3v) is 1.39. The fourth-order valence-corrected chi connectivity index (χ4v) is 0.823. The second-order valence-corrected chi connectivity index (χ2v) is 2.72. The van der Waals surface area contributed by atoms with Crippen LogP contribution >= 0.6 is 0 Å². The van der Waals surface area contributed by atoms with Gasteiger partial charge in [0.2, 0.25) is 5.91 Å². The third-order valence-electron chi connectivity index (χ3n) is 1.39. The maximum absolute atomic E-state index is 10.6. The number of hydrogen-bond donors (Lipinski definition) is 2. The van der Waals surface area contributed by atoms with Crippen molar-refractivity contribution in [3.8, 4) is 0 Å². The first kappa shape index (κ1) is 12.4. The first-order valence-corrected chi connectivity index (χ1v) is 4.06. The fourth-order valence-electron chi connectivity index (χ4n) is 0.823. The summed E-state index contributed by atoms with van der Waals surface area (Å²) in [6.45, 7) is 2.43. The van der Waals surface area contributed by atoms with Crippen molar-refractivity contribution in [1.29, 1.82) is 0 Å². The van der Waals surface area contributed by atoms with E-state index in [1.165, 1.54) is 13.8 Å². The maximum Gasteiger partial charge on any atom is 0.326 e. The second-order valence-electron chi connectivity index (χ2n) is 2.72. The molecule has 0 aromatic rings. The first-order valence-electron chi connectivity index (χ1n) is 4.06. The van der Waals surface area contributed by atoms with Crippen molar-refractivity contribution in [2.75, 3.05) is 6.61 Å². The topological polar surface area (TPSA) is 92.7 Å². The van der Waals surface area contributed by atoms with Gasteiger partial charge < -0.3 is 15.2 Å². The lowest BCUT2D eigenvalue weighted by atomic mass is 10.2. The summed E-state index contributed by atoms with van der Waals surface area (Å²) in [4.78, 5) is 31.5. The minimum atomic E-state index is -1.15. The molecule has 0 aliphatic heterocycles. The Morgan fingerprint density at radius 1 is 1.36 bits per heavy atom. The zero-order valence-electron chi connectivity index (χ0n) is 8.07. The molecule has 1 unspecified atom stereocenters. The summed E-state index contributed by atoms with van der Waals surface area (Å²) in [5, 5.41) is 10.9. The molecule has 0 heterocycles. The molecule has 80 valence electrons. The van der Waals surface area contributed by atoms with Crippen LogP contribution in [0.2, 0.25) is 0 Å². The van der Waals surface area contributed by atoms with Crippen molar-refractivity contribution in [3.63, 3.8) is 0 Å². The summed E-state index contributed by atoms with van der Waals surface area (Å²) in [5.74, 6) is -2.05. The van der Waals surface area contributed by atoms with Crippen molar-refractivity contribution >= 4 is 17.8 Å². The van der Waals surface area contributed by atoms with Crippen molar-refractivity contribution in [2.45, 2.75) is 26.3 Å². The molecule has 0 bridgehead atoms. The summed E-state index contributed by atoms with van der Waals surface area (Å²) < 4.78 is 4.55. The average Bonchev–Trinajstić information content (AvgIpc) is 2.00. The predicted octanol–water partition coefficient (Wildman–Crippen LogP) is -0.471. The van der Waals surface area contributed by atoms with Gasteiger partial charge in [-0.05, 0) is 0 Å². The Labute approximate surface area is 81.2 Å². The van der Waals surface area contributed by atoms with E-state index in [-0.39, 0.29) is 13.0 Å². The smallest absolute Gasteiger partial charge is 0.326 e. The van der Waals surface area contributed by atoms with E-state index in [1.54, 1.807) is 0 Å². The molecule has 0 aliphatic carbocycles. The lowest BCUT2D eigenvalue weighted by Crippen LogP contribution is -2.40. The van der Waals surface area contributed by atoms with E-state index >= 15 is 0 Å². The highest BCUT2D eigenvalue weighted by Crippen LogP contribution is 1.94. The molecule has 6 heteroatoms. The molecule has 0 fully saturated rings. The van der Waals surface area contributed by atoms with Gasteiger partial charge in [0.1, 0.15) is 6.04 Å². The van der Waals surface area contributed by atoms with E-state index in [1.807, 2.05) is 0 Å². The van der Waals surface area contributed by atoms with Crippen LogP contribution in [0.25, 0.3) is 0 Å². The van der Waals surface area contributed by atoms with Gasteiger partial charge in [-0.25, -0.2) is 4.79 Å². The minimum absolute atomic E-state index is 0.0212. The molecular formula is C8H13NO5. The highest BCUT2D eigenvalue weighted by Gasteiger charge is 2.18. The van der Waals surface area contributed by atoms with E-state index in [4.69, 9.17) is 5.11 Å². The lowest BCUT2D eigenvalue weighted by Gasteiger charge is -2.12. The van der Waals surface area contributed by atoms with E-state index in [9.17, 15) is 14.4 Å². The van der Waals surface area contributed by atoms with Gasteiger partial charge >= 0.3 is 11.9 Å². The fraction of sp³-hybridized carbons (Fsp3) is 0.625. The lowest BCUT2D eigenvalue weighted by molar-refractivity contribution is -0.145. The molecular weight excluding hydrogens is 190 g/mol. The number of nitrogens with one attached hydrogen (secondary N) is 1. The number of aliphatic carboxylic acids is 1. The van der Waals surface area contributed by atoms with Crippen LogP contribution in [0.4, 0.5) is 0 Å². The number of hydrogen-bond acceptors (Lipinski definition) is 4. The van der Waals surface area contributed by atoms with Crippen LogP contribution in [-0.4, -0.2) is 35.6 Å². The normalized spacial score (nSPS) is 11.6. The number of esters is 1. The van der Waals surface area contributed by atoms with Gasteiger partial charge in [-0.15, -0.1) is 0 Å². The Kier molecular flexibility index (Phi) is 5.28. The molecule has 2 N–H and O–H groups in total. The number of carboxylic acid groups (broad SMARTS) is 1. The van der Waals surface area contributed by atoms with Crippen LogP contribution in [0, 0.1) is 0 Å². The third kappa shape index (κ3) is 5.99. The highest BCUT2D eigenvalue weighted by molar-refractivity contribution is 5.82. The molecule has 6 nitrogen and oxygen atoms in total. The van der Waals surface area contributed by atoms with E-state index < -0.39 is 23.9 Å². The molecule has 0 aromatic heterocycles. The number of carbonyl (C=O) groups excluding carboxylic acids is 2. The molecule has 1 amide bonds. The van der Waals surface area contributed by atoms with Gasteiger partial charge in [-0.3, -0.25) is 9.59 Å². The van der Waals surface area contributed by atoms with Crippen LogP contribution in [-0.2, 0) is 19.1 Å². The van der Waals surface area contributed by atoms with Crippen LogP contribution in [0.1, 0.15) is 20.3 Å². The molecule has 14 heavy (non-hydrogen) atoms. The highest BCUT2D eigenvalue weighted by atomic mass is 16.5. The van der Waals surface area contributed by atoms with Crippen molar-refractivity contribution in [2.24, 2.45) is 0 Å². The molecule has 1 atom stereocenters. The van der Waals surface area contributed by atoms with Gasteiger partial charge in [0.05, 0.1) is 6.61 Å². The Morgan fingerprint density at radius 2 is 1.93 bits per heavy atom.